The number of carbonyl (C=O) groups excluding carboxylic acids is 1. The van der Waals surface area contributed by atoms with Gasteiger partial charge in [-0.2, -0.15) is 4.72 Å². The number of aryl methyl sites for hydroxylation is 1. The van der Waals surface area contributed by atoms with Gasteiger partial charge in [0.05, 0.1) is 4.90 Å². The number of sulfonamides is 1. The van der Waals surface area contributed by atoms with E-state index in [1.807, 2.05) is 20.8 Å². The van der Waals surface area contributed by atoms with E-state index >= 15 is 0 Å². The number of hydrogen-bond acceptors (Lipinski definition) is 3. The third-order valence-electron chi connectivity index (χ3n) is 3.49. The fourth-order valence-electron chi connectivity index (χ4n) is 1.96. The van der Waals surface area contributed by atoms with Crippen LogP contribution in [0.4, 0.5) is 0 Å². The van der Waals surface area contributed by atoms with Gasteiger partial charge in [-0.05, 0) is 37.8 Å². The van der Waals surface area contributed by atoms with E-state index in [-0.39, 0.29) is 22.8 Å². The molecule has 0 bridgehead atoms. The highest BCUT2D eigenvalue weighted by Crippen LogP contribution is 2.20. The fraction of sp³-hybridized carbons (Fsp3) is 0.533. The first kappa shape index (κ1) is 16.0. The molecule has 0 aliphatic heterocycles. The van der Waals surface area contributed by atoms with Crippen LogP contribution in [0, 0.1) is 12.8 Å². The maximum absolute atomic E-state index is 12.4. The van der Waals surface area contributed by atoms with Crippen molar-refractivity contribution >= 4 is 15.9 Å². The molecule has 6 heteroatoms. The summed E-state index contributed by atoms with van der Waals surface area (Å²) in [4.78, 5) is 12.3. The monoisotopic (exact) mass is 310 g/mol. The van der Waals surface area contributed by atoms with Crippen LogP contribution in [0.25, 0.3) is 0 Å². The van der Waals surface area contributed by atoms with Gasteiger partial charge in [-0.15, -0.1) is 0 Å². The standard InChI is InChI=1S/C15H22N2O3S/c1-10(2)14(15(18)16-12-6-7-12)17-21(19,20)13-8-4-11(3)5-9-13/h4-5,8-10,12,14,17H,6-7H2,1-3H3,(H,16,18)/t14-/m0/s1. The van der Waals surface area contributed by atoms with Crippen LogP contribution in [-0.2, 0) is 14.8 Å². The van der Waals surface area contributed by atoms with Crippen LogP contribution >= 0.6 is 0 Å². The van der Waals surface area contributed by atoms with Gasteiger partial charge in [0.15, 0.2) is 0 Å². The Morgan fingerprint density at radius 2 is 1.76 bits per heavy atom. The Labute approximate surface area is 126 Å². The van der Waals surface area contributed by atoms with E-state index in [1.54, 1.807) is 24.3 Å². The molecule has 2 rings (SSSR count). The summed E-state index contributed by atoms with van der Waals surface area (Å²) >= 11 is 0. The molecule has 1 aromatic carbocycles. The van der Waals surface area contributed by atoms with Crippen molar-refractivity contribution in [3.8, 4) is 0 Å². The summed E-state index contributed by atoms with van der Waals surface area (Å²) in [5, 5.41) is 2.85. The van der Waals surface area contributed by atoms with Crippen molar-refractivity contribution in [3.63, 3.8) is 0 Å². The molecule has 1 aliphatic carbocycles. The average Bonchev–Trinajstić information content (AvgIpc) is 3.20. The number of carbonyl (C=O) groups is 1. The summed E-state index contributed by atoms with van der Waals surface area (Å²) in [5.74, 6) is -0.368. The number of benzene rings is 1. The Bertz CT molecular complexity index is 604. The van der Waals surface area contributed by atoms with Gasteiger partial charge >= 0.3 is 0 Å². The predicted molar refractivity (Wildman–Crippen MR) is 81.3 cm³/mol. The average molecular weight is 310 g/mol. The minimum absolute atomic E-state index is 0.121. The number of nitrogens with one attached hydrogen (secondary N) is 2. The molecule has 21 heavy (non-hydrogen) atoms. The lowest BCUT2D eigenvalue weighted by Crippen LogP contribution is -2.50. The third-order valence-corrected chi connectivity index (χ3v) is 4.94. The molecule has 0 heterocycles. The lowest BCUT2D eigenvalue weighted by molar-refractivity contribution is -0.123. The summed E-state index contributed by atoms with van der Waals surface area (Å²) in [6.07, 6.45) is 1.95. The SMILES string of the molecule is Cc1ccc(S(=O)(=O)N[C@H](C(=O)NC2CC2)C(C)C)cc1. The van der Waals surface area contributed by atoms with E-state index in [4.69, 9.17) is 0 Å². The van der Waals surface area contributed by atoms with Gasteiger partial charge in [0, 0.05) is 6.04 Å². The first-order chi connectivity index (χ1) is 9.79. The topological polar surface area (TPSA) is 75.3 Å². The van der Waals surface area contributed by atoms with Crippen LogP contribution in [0.15, 0.2) is 29.2 Å². The quantitative estimate of drug-likeness (QED) is 0.837. The Balaban J connectivity index is 2.14. The molecule has 1 fully saturated rings. The van der Waals surface area contributed by atoms with E-state index < -0.39 is 16.1 Å². The van der Waals surface area contributed by atoms with Crippen LogP contribution < -0.4 is 10.0 Å². The van der Waals surface area contributed by atoms with Crippen LogP contribution in [0.5, 0.6) is 0 Å². The molecule has 1 amide bonds. The van der Waals surface area contributed by atoms with Crippen molar-refractivity contribution < 1.29 is 13.2 Å². The van der Waals surface area contributed by atoms with Crippen molar-refractivity contribution in [1.29, 1.82) is 0 Å². The fourth-order valence-corrected chi connectivity index (χ4v) is 3.31. The molecule has 0 spiro atoms. The zero-order valence-electron chi connectivity index (χ0n) is 12.6. The zero-order valence-corrected chi connectivity index (χ0v) is 13.4. The summed E-state index contributed by atoms with van der Waals surface area (Å²) < 4.78 is 27.3. The highest BCUT2D eigenvalue weighted by Gasteiger charge is 2.32. The minimum atomic E-state index is -3.69. The highest BCUT2D eigenvalue weighted by molar-refractivity contribution is 7.89. The molecule has 1 aliphatic rings. The van der Waals surface area contributed by atoms with Gasteiger partial charge in [0.2, 0.25) is 15.9 Å². The molecule has 5 nitrogen and oxygen atoms in total. The van der Waals surface area contributed by atoms with Gasteiger partial charge < -0.3 is 5.32 Å². The van der Waals surface area contributed by atoms with E-state index in [0.29, 0.717) is 0 Å². The van der Waals surface area contributed by atoms with Gasteiger partial charge in [0.1, 0.15) is 6.04 Å². The van der Waals surface area contributed by atoms with Gasteiger partial charge in [-0.25, -0.2) is 8.42 Å². The highest BCUT2D eigenvalue weighted by atomic mass is 32.2. The maximum Gasteiger partial charge on any atom is 0.241 e. The second kappa shape index (κ2) is 6.15. The van der Waals surface area contributed by atoms with E-state index in [2.05, 4.69) is 10.0 Å². The van der Waals surface area contributed by atoms with Crippen molar-refractivity contribution in [2.75, 3.05) is 0 Å². The molecule has 2 N–H and O–H groups in total. The Hall–Kier alpha value is -1.40. The van der Waals surface area contributed by atoms with Crippen LogP contribution in [0.1, 0.15) is 32.3 Å². The maximum atomic E-state index is 12.4. The van der Waals surface area contributed by atoms with Crippen molar-refractivity contribution in [2.45, 2.75) is 50.6 Å². The lowest BCUT2D eigenvalue weighted by Gasteiger charge is -2.21. The van der Waals surface area contributed by atoms with Gasteiger partial charge in [-0.1, -0.05) is 31.5 Å². The van der Waals surface area contributed by atoms with Crippen LogP contribution in [-0.4, -0.2) is 26.4 Å². The van der Waals surface area contributed by atoms with E-state index in [9.17, 15) is 13.2 Å². The third kappa shape index (κ3) is 4.28. The van der Waals surface area contributed by atoms with Gasteiger partial charge in [-0.3, -0.25) is 4.79 Å². The van der Waals surface area contributed by atoms with E-state index in [1.165, 1.54) is 0 Å². The number of amides is 1. The molecule has 1 aromatic rings. The smallest absolute Gasteiger partial charge is 0.241 e. The molecule has 0 unspecified atom stereocenters. The van der Waals surface area contributed by atoms with Crippen LogP contribution in [0.3, 0.4) is 0 Å². The molecular formula is C15H22N2O3S. The molecule has 0 radical (unpaired) electrons. The van der Waals surface area contributed by atoms with Crippen LogP contribution in [0.2, 0.25) is 0 Å². The summed E-state index contributed by atoms with van der Waals surface area (Å²) in [7, 11) is -3.69. The minimum Gasteiger partial charge on any atom is -0.352 e. The Morgan fingerprint density at radius 1 is 1.19 bits per heavy atom. The number of hydrogen-bond donors (Lipinski definition) is 2. The summed E-state index contributed by atoms with van der Waals surface area (Å²) in [6, 6.07) is 6.04. The molecule has 0 aromatic heterocycles. The van der Waals surface area contributed by atoms with Crippen molar-refractivity contribution in [1.82, 2.24) is 10.0 Å². The molecular weight excluding hydrogens is 288 g/mol. The van der Waals surface area contributed by atoms with E-state index in [0.717, 1.165) is 18.4 Å². The number of rotatable bonds is 6. The predicted octanol–water partition coefficient (Wildman–Crippen LogP) is 1.58. The van der Waals surface area contributed by atoms with Crippen molar-refractivity contribution in [2.24, 2.45) is 5.92 Å². The summed E-state index contributed by atoms with van der Waals surface area (Å²) in [5.41, 5.74) is 0.987. The Morgan fingerprint density at radius 3 is 2.24 bits per heavy atom. The Kier molecular flexibility index (Phi) is 4.68. The molecule has 1 atom stereocenters. The first-order valence-corrected chi connectivity index (χ1v) is 8.67. The molecule has 1 saturated carbocycles. The van der Waals surface area contributed by atoms with Crippen molar-refractivity contribution in [3.05, 3.63) is 29.8 Å². The molecule has 0 saturated heterocycles. The van der Waals surface area contributed by atoms with Gasteiger partial charge in [0.25, 0.3) is 0 Å². The second-order valence-electron chi connectivity index (χ2n) is 5.94. The first-order valence-electron chi connectivity index (χ1n) is 7.19. The normalized spacial score (nSPS) is 16.8. The zero-order chi connectivity index (χ0) is 15.6. The second-order valence-corrected chi connectivity index (χ2v) is 7.65. The molecule has 116 valence electrons. The lowest BCUT2D eigenvalue weighted by atomic mass is 10.1. The largest absolute Gasteiger partial charge is 0.352 e. The summed E-state index contributed by atoms with van der Waals surface area (Å²) in [6.45, 7) is 5.55.